The summed E-state index contributed by atoms with van der Waals surface area (Å²) >= 11 is 0. The van der Waals surface area contributed by atoms with Crippen molar-refractivity contribution in [3.05, 3.63) is 0 Å². The molecule has 0 amide bonds. The van der Waals surface area contributed by atoms with Gasteiger partial charge in [-0.3, -0.25) is 4.90 Å². The van der Waals surface area contributed by atoms with Crippen LogP contribution in [0.1, 0.15) is 46.0 Å². The highest BCUT2D eigenvalue weighted by Crippen LogP contribution is 2.20. The number of hydrogen-bond donors (Lipinski definition) is 2. The fourth-order valence-corrected chi connectivity index (χ4v) is 3.14. The molecule has 0 saturated carbocycles. The van der Waals surface area contributed by atoms with Crippen LogP contribution < -0.4 is 5.32 Å². The van der Waals surface area contributed by atoms with Crippen LogP contribution in [0.3, 0.4) is 0 Å². The molecule has 0 bridgehead atoms. The van der Waals surface area contributed by atoms with Crippen LogP contribution in [0.4, 0.5) is 0 Å². The van der Waals surface area contributed by atoms with Crippen LogP contribution in [0.15, 0.2) is 0 Å². The van der Waals surface area contributed by atoms with Gasteiger partial charge < -0.3 is 15.3 Å². The van der Waals surface area contributed by atoms with Gasteiger partial charge in [-0.05, 0) is 72.8 Å². The molecular formula is C16H35N3O. The second-order valence-corrected chi connectivity index (χ2v) is 6.84. The van der Waals surface area contributed by atoms with Crippen molar-refractivity contribution < 1.29 is 5.11 Å². The van der Waals surface area contributed by atoms with Crippen LogP contribution >= 0.6 is 0 Å². The van der Waals surface area contributed by atoms with Crippen molar-refractivity contribution in [3.63, 3.8) is 0 Å². The summed E-state index contributed by atoms with van der Waals surface area (Å²) in [5.41, 5.74) is -0.104. The number of nitrogens with one attached hydrogen (secondary N) is 1. The number of likely N-dealkylation sites (N-methyl/N-ethyl adjacent to an activating group) is 1. The molecule has 0 spiro atoms. The van der Waals surface area contributed by atoms with Gasteiger partial charge >= 0.3 is 0 Å². The normalized spacial score (nSPS) is 23.4. The molecule has 0 radical (unpaired) electrons. The molecule has 1 saturated heterocycles. The summed E-state index contributed by atoms with van der Waals surface area (Å²) < 4.78 is 0. The third kappa shape index (κ3) is 6.08. The Balaban J connectivity index is 2.31. The predicted octanol–water partition coefficient (Wildman–Crippen LogP) is 1.54. The summed E-state index contributed by atoms with van der Waals surface area (Å²) in [5, 5.41) is 13.1. The minimum Gasteiger partial charge on any atom is -0.394 e. The Kier molecular flexibility index (Phi) is 8.03. The summed E-state index contributed by atoms with van der Waals surface area (Å²) in [6, 6.07) is 0.731. The Hall–Kier alpha value is -0.160. The average molecular weight is 285 g/mol. The van der Waals surface area contributed by atoms with Crippen molar-refractivity contribution in [2.45, 2.75) is 57.5 Å². The molecule has 0 aliphatic carbocycles. The van der Waals surface area contributed by atoms with Crippen LogP contribution in [0.5, 0.6) is 0 Å². The molecule has 0 aromatic heterocycles. The average Bonchev–Trinajstić information content (AvgIpc) is 2.83. The van der Waals surface area contributed by atoms with Gasteiger partial charge in [-0.25, -0.2) is 0 Å². The van der Waals surface area contributed by atoms with E-state index >= 15 is 0 Å². The van der Waals surface area contributed by atoms with Crippen LogP contribution in [0, 0.1) is 0 Å². The summed E-state index contributed by atoms with van der Waals surface area (Å²) in [7, 11) is 4.32. The van der Waals surface area contributed by atoms with Gasteiger partial charge in [-0.2, -0.15) is 0 Å². The zero-order chi connectivity index (χ0) is 15.0. The first-order valence-electron chi connectivity index (χ1n) is 8.25. The molecule has 2 atom stereocenters. The molecule has 120 valence electrons. The second kappa shape index (κ2) is 8.98. The quantitative estimate of drug-likeness (QED) is 0.639. The van der Waals surface area contributed by atoms with Gasteiger partial charge in [0.15, 0.2) is 0 Å². The van der Waals surface area contributed by atoms with Gasteiger partial charge in [-0.15, -0.1) is 0 Å². The number of aliphatic hydroxyl groups is 1. The Labute approximate surface area is 125 Å². The van der Waals surface area contributed by atoms with E-state index in [1.54, 1.807) is 0 Å². The van der Waals surface area contributed by atoms with Crippen molar-refractivity contribution >= 4 is 0 Å². The maximum absolute atomic E-state index is 9.59. The van der Waals surface area contributed by atoms with E-state index in [1.807, 2.05) is 0 Å². The highest BCUT2D eigenvalue weighted by molar-refractivity contribution is 4.85. The zero-order valence-corrected chi connectivity index (χ0v) is 14.0. The molecule has 2 N–H and O–H groups in total. The smallest absolute Gasteiger partial charge is 0.0610 e. The number of aliphatic hydroxyl groups excluding tert-OH is 1. The van der Waals surface area contributed by atoms with Crippen molar-refractivity contribution in [1.82, 2.24) is 15.1 Å². The molecule has 1 aliphatic heterocycles. The lowest BCUT2D eigenvalue weighted by Crippen LogP contribution is -2.47. The van der Waals surface area contributed by atoms with E-state index in [2.05, 4.69) is 43.1 Å². The Bertz CT molecular complexity index is 260. The molecule has 1 aliphatic rings. The van der Waals surface area contributed by atoms with Crippen LogP contribution in [0.25, 0.3) is 0 Å². The first-order valence-corrected chi connectivity index (χ1v) is 8.25. The van der Waals surface area contributed by atoms with E-state index in [9.17, 15) is 5.11 Å². The highest BCUT2D eigenvalue weighted by Gasteiger charge is 2.26. The molecule has 0 aromatic rings. The molecule has 2 unspecified atom stereocenters. The number of hydrogen-bond acceptors (Lipinski definition) is 4. The minimum absolute atomic E-state index is 0.104. The summed E-state index contributed by atoms with van der Waals surface area (Å²) in [5.74, 6) is 0. The van der Waals surface area contributed by atoms with Crippen molar-refractivity contribution in [1.29, 1.82) is 0 Å². The molecular weight excluding hydrogens is 250 g/mol. The van der Waals surface area contributed by atoms with Gasteiger partial charge in [-0.1, -0.05) is 6.92 Å². The first-order chi connectivity index (χ1) is 9.50. The summed E-state index contributed by atoms with van der Waals surface area (Å²) in [6.07, 6.45) is 6.01. The molecule has 1 fully saturated rings. The fourth-order valence-electron chi connectivity index (χ4n) is 3.14. The minimum atomic E-state index is -0.104. The lowest BCUT2D eigenvalue weighted by Gasteiger charge is -2.31. The third-order valence-electron chi connectivity index (χ3n) is 4.40. The van der Waals surface area contributed by atoms with Gasteiger partial charge in [0.2, 0.25) is 0 Å². The molecule has 1 heterocycles. The maximum atomic E-state index is 9.59. The zero-order valence-electron chi connectivity index (χ0n) is 14.0. The molecule has 1 rings (SSSR count). The fraction of sp³-hybridized carbons (Fsp3) is 1.00. The van der Waals surface area contributed by atoms with Crippen molar-refractivity contribution in [3.8, 4) is 0 Å². The van der Waals surface area contributed by atoms with Gasteiger partial charge in [0.1, 0.15) is 0 Å². The number of likely N-dealkylation sites (tertiary alicyclic amines) is 1. The second-order valence-electron chi connectivity index (χ2n) is 6.84. The Morgan fingerprint density at radius 1 is 1.40 bits per heavy atom. The van der Waals surface area contributed by atoms with E-state index in [0.717, 1.165) is 31.8 Å². The SMILES string of the molecule is CCCNC(C)(CO)CCCN1CCCC1CN(C)C. The van der Waals surface area contributed by atoms with Gasteiger partial charge in [0.05, 0.1) is 6.61 Å². The summed E-state index contributed by atoms with van der Waals surface area (Å²) in [4.78, 5) is 4.93. The third-order valence-corrected chi connectivity index (χ3v) is 4.40. The van der Waals surface area contributed by atoms with Crippen molar-refractivity contribution in [2.24, 2.45) is 0 Å². The molecule has 20 heavy (non-hydrogen) atoms. The van der Waals surface area contributed by atoms with E-state index in [-0.39, 0.29) is 12.1 Å². The molecule has 4 heteroatoms. The lowest BCUT2D eigenvalue weighted by molar-refractivity contribution is 0.151. The van der Waals surface area contributed by atoms with E-state index in [0.29, 0.717) is 0 Å². The standard InChI is InChI=1S/C16H35N3O/c1-5-10-17-16(2,14-20)9-7-12-19-11-6-8-15(19)13-18(3)4/h15,17,20H,5-14H2,1-4H3. The van der Waals surface area contributed by atoms with Crippen LogP contribution in [0.2, 0.25) is 0 Å². The highest BCUT2D eigenvalue weighted by atomic mass is 16.3. The largest absolute Gasteiger partial charge is 0.394 e. The van der Waals surface area contributed by atoms with Crippen LogP contribution in [-0.4, -0.2) is 73.4 Å². The molecule has 0 aromatic carbocycles. The van der Waals surface area contributed by atoms with Crippen LogP contribution in [-0.2, 0) is 0 Å². The van der Waals surface area contributed by atoms with E-state index in [1.165, 1.54) is 32.5 Å². The van der Waals surface area contributed by atoms with E-state index in [4.69, 9.17) is 0 Å². The maximum Gasteiger partial charge on any atom is 0.0610 e. The van der Waals surface area contributed by atoms with Gasteiger partial charge in [0, 0.05) is 18.1 Å². The Morgan fingerprint density at radius 3 is 2.75 bits per heavy atom. The number of nitrogens with zero attached hydrogens (tertiary/aromatic N) is 2. The van der Waals surface area contributed by atoms with Crippen molar-refractivity contribution in [2.75, 3.05) is 46.9 Å². The predicted molar refractivity (Wildman–Crippen MR) is 86.2 cm³/mol. The first kappa shape index (κ1) is 17.9. The Morgan fingerprint density at radius 2 is 2.15 bits per heavy atom. The molecule has 4 nitrogen and oxygen atoms in total. The lowest BCUT2D eigenvalue weighted by atomic mass is 9.96. The summed E-state index contributed by atoms with van der Waals surface area (Å²) in [6.45, 7) is 9.12. The van der Waals surface area contributed by atoms with E-state index < -0.39 is 0 Å². The van der Waals surface area contributed by atoms with Gasteiger partial charge in [0.25, 0.3) is 0 Å². The monoisotopic (exact) mass is 285 g/mol. The number of rotatable bonds is 10. The topological polar surface area (TPSA) is 38.7 Å².